The Labute approximate surface area is 109 Å². The Morgan fingerprint density at radius 1 is 1.12 bits per heavy atom. The average molecular weight is 260 g/mol. The molecule has 2 atom stereocenters. The Balaban J connectivity index is 0.00000108. The Hall–Kier alpha value is -0.320. The van der Waals surface area contributed by atoms with Crippen LogP contribution in [0.5, 0.6) is 0 Å². The smallest absolute Gasteiger partial charge is 0.239 e. The summed E-state index contributed by atoms with van der Waals surface area (Å²) in [7, 11) is 0. The maximum Gasteiger partial charge on any atom is 0.239 e. The molecule has 3 aliphatic rings. The normalized spacial score (nSPS) is 33.3. The van der Waals surface area contributed by atoms with Gasteiger partial charge in [0.1, 0.15) is 0 Å². The van der Waals surface area contributed by atoms with Crippen LogP contribution in [-0.2, 0) is 4.79 Å². The summed E-state index contributed by atoms with van der Waals surface area (Å²) in [5, 5.41) is 3.31. The van der Waals surface area contributed by atoms with Crippen molar-refractivity contribution in [2.75, 3.05) is 32.7 Å². The van der Waals surface area contributed by atoms with Crippen LogP contribution in [0.1, 0.15) is 25.7 Å². The summed E-state index contributed by atoms with van der Waals surface area (Å²) >= 11 is 0. The standard InChI is InChI=1S/C12H21N3O.ClH/c16-12(11-4-1-5-13-11)15-8-7-14-6-2-3-10(14)9-15;/h10-11,13H,1-9H2;1H. The van der Waals surface area contributed by atoms with E-state index in [2.05, 4.69) is 15.1 Å². The first-order chi connectivity index (χ1) is 7.84. The lowest BCUT2D eigenvalue weighted by molar-refractivity contribution is -0.135. The maximum atomic E-state index is 12.2. The van der Waals surface area contributed by atoms with Gasteiger partial charge in [-0.1, -0.05) is 0 Å². The molecule has 0 aromatic heterocycles. The number of hydrogen-bond donors (Lipinski definition) is 1. The lowest BCUT2D eigenvalue weighted by Gasteiger charge is -2.38. The molecule has 17 heavy (non-hydrogen) atoms. The van der Waals surface area contributed by atoms with Crippen LogP contribution in [0, 0.1) is 0 Å². The molecule has 0 aromatic carbocycles. The van der Waals surface area contributed by atoms with Crippen molar-refractivity contribution in [3.8, 4) is 0 Å². The quantitative estimate of drug-likeness (QED) is 0.744. The van der Waals surface area contributed by atoms with E-state index in [-0.39, 0.29) is 18.4 Å². The molecule has 0 aliphatic carbocycles. The number of carbonyl (C=O) groups is 1. The Kier molecular flexibility index (Phi) is 4.28. The Morgan fingerprint density at radius 2 is 2.00 bits per heavy atom. The second-order valence-electron chi connectivity index (χ2n) is 5.27. The van der Waals surface area contributed by atoms with Crippen LogP contribution in [0.3, 0.4) is 0 Å². The van der Waals surface area contributed by atoms with Crippen LogP contribution >= 0.6 is 12.4 Å². The predicted molar refractivity (Wildman–Crippen MR) is 69.4 cm³/mol. The molecule has 5 heteroatoms. The molecule has 0 bridgehead atoms. The van der Waals surface area contributed by atoms with Gasteiger partial charge in [0, 0.05) is 25.7 Å². The van der Waals surface area contributed by atoms with Crippen molar-refractivity contribution in [1.82, 2.24) is 15.1 Å². The van der Waals surface area contributed by atoms with Gasteiger partial charge in [-0.15, -0.1) is 12.4 Å². The first kappa shape index (κ1) is 13.1. The molecule has 3 saturated heterocycles. The molecule has 0 saturated carbocycles. The average Bonchev–Trinajstić information content (AvgIpc) is 2.98. The summed E-state index contributed by atoms with van der Waals surface area (Å²) in [5.41, 5.74) is 0. The van der Waals surface area contributed by atoms with Gasteiger partial charge in [0.2, 0.25) is 5.91 Å². The zero-order chi connectivity index (χ0) is 11.0. The van der Waals surface area contributed by atoms with Gasteiger partial charge in [-0.25, -0.2) is 0 Å². The fraction of sp³-hybridized carbons (Fsp3) is 0.917. The van der Waals surface area contributed by atoms with Crippen LogP contribution in [0.25, 0.3) is 0 Å². The van der Waals surface area contributed by atoms with Crippen molar-refractivity contribution in [1.29, 1.82) is 0 Å². The topological polar surface area (TPSA) is 35.6 Å². The van der Waals surface area contributed by atoms with Gasteiger partial charge in [-0.3, -0.25) is 9.69 Å². The van der Waals surface area contributed by atoms with E-state index in [1.807, 2.05) is 0 Å². The molecule has 4 nitrogen and oxygen atoms in total. The maximum absolute atomic E-state index is 12.2. The number of piperazine rings is 1. The molecule has 1 amide bonds. The van der Waals surface area contributed by atoms with Crippen LogP contribution in [0.4, 0.5) is 0 Å². The highest BCUT2D eigenvalue weighted by Crippen LogP contribution is 2.22. The van der Waals surface area contributed by atoms with Gasteiger partial charge in [0.05, 0.1) is 6.04 Å². The van der Waals surface area contributed by atoms with Gasteiger partial charge in [0.25, 0.3) is 0 Å². The molecule has 98 valence electrons. The second kappa shape index (κ2) is 5.55. The van der Waals surface area contributed by atoms with E-state index in [0.29, 0.717) is 11.9 Å². The monoisotopic (exact) mass is 259 g/mol. The van der Waals surface area contributed by atoms with Gasteiger partial charge in [-0.2, -0.15) is 0 Å². The highest BCUT2D eigenvalue weighted by molar-refractivity contribution is 5.85. The van der Waals surface area contributed by atoms with Crippen molar-refractivity contribution in [3.05, 3.63) is 0 Å². The van der Waals surface area contributed by atoms with E-state index < -0.39 is 0 Å². The highest BCUT2D eigenvalue weighted by atomic mass is 35.5. The van der Waals surface area contributed by atoms with E-state index in [1.165, 1.54) is 19.4 Å². The molecular formula is C12H22ClN3O. The lowest BCUT2D eigenvalue weighted by Crippen LogP contribution is -2.55. The van der Waals surface area contributed by atoms with E-state index >= 15 is 0 Å². The van der Waals surface area contributed by atoms with Crippen LogP contribution in [0.2, 0.25) is 0 Å². The molecule has 0 radical (unpaired) electrons. The summed E-state index contributed by atoms with van der Waals surface area (Å²) in [4.78, 5) is 16.9. The van der Waals surface area contributed by atoms with Gasteiger partial charge >= 0.3 is 0 Å². The number of hydrogen-bond acceptors (Lipinski definition) is 3. The zero-order valence-corrected chi connectivity index (χ0v) is 11.0. The van der Waals surface area contributed by atoms with Gasteiger partial charge in [-0.05, 0) is 38.8 Å². The van der Waals surface area contributed by atoms with Crippen molar-refractivity contribution in [3.63, 3.8) is 0 Å². The first-order valence-electron chi connectivity index (χ1n) is 6.61. The number of fused-ring (bicyclic) bond motifs is 1. The highest BCUT2D eigenvalue weighted by Gasteiger charge is 2.35. The Bertz CT molecular complexity index is 281. The molecular weight excluding hydrogens is 238 g/mol. The Morgan fingerprint density at radius 3 is 2.76 bits per heavy atom. The minimum atomic E-state index is 0. The summed E-state index contributed by atoms with van der Waals surface area (Å²) < 4.78 is 0. The zero-order valence-electron chi connectivity index (χ0n) is 10.2. The summed E-state index contributed by atoms with van der Waals surface area (Å²) in [6, 6.07) is 0.770. The fourth-order valence-corrected chi connectivity index (χ4v) is 3.31. The van der Waals surface area contributed by atoms with Crippen LogP contribution < -0.4 is 5.32 Å². The SMILES string of the molecule is Cl.O=C(C1CCCN1)N1CCN2CCCC2C1. The molecule has 3 heterocycles. The number of nitrogens with zero attached hydrogens (tertiary/aromatic N) is 2. The third-order valence-electron chi connectivity index (χ3n) is 4.26. The van der Waals surface area contributed by atoms with Gasteiger partial charge in [0.15, 0.2) is 0 Å². The molecule has 3 aliphatic heterocycles. The predicted octanol–water partition coefficient (Wildman–Crippen LogP) is 0.467. The van der Waals surface area contributed by atoms with Crippen molar-refractivity contribution in [2.45, 2.75) is 37.8 Å². The molecule has 0 spiro atoms. The van der Waals surface area contributed by atoms with Crippen LogP contribution in [-0.4, -0.2) is 60.5 Å². The number of nitrogens with one attached hydrogen (secondary N) is 1. The van der Waals surface area contributed by atoms with Gasteiger partial charge < -0.3 is 10.2 Å². The third kappa shape index (κ3) is 2.59. The molecule has 3 fully saturated rings. The summed E-state index contributed by atoms with van der Waals surface area (Å²) in [5.74, 6) is 0.351. The first-order valence-corrected chi connectivity index (χ1v) is 6.61. The summed E-state index contributed by atoms with van der Waals surface area (Å²) in [6.45, 7) is 5.25. The molecule has 1 N–H and O–H groups in total. The molecule has 3 rings (SSSR count). The minimum Gasteiger partial charge on any atom is -0.338 e. The van der Waals surface area contributed by atoms with Crippen LogP contribution in [0.15, 0.2) is 0 Å². The number of rotatable bonds is 1. The third-order valence-corrected chi connectivity index (χ3v) is 4.26. The minimum absolute atomic E-state index is 0. The van der Waals surface area contributed by atoms with E-state index in [9.17, 15) is 4.79 Å². The van der Waals surface area contributed by atoms with E-state index in [0.717, 1.165) is 39.0 Å². The molecule has 0 aromatic rings. The van der Waals surface area contributed by atoms with Crippen molar-refractivity contribution in [2.24, 2.45) is 0 Å². The lowest BCUT2D eigenvalue weighted by atomic mass is 10.1. The molecule has 2 unspecified atom stereocenters. The summed E-state index contributed by atoms with van der Waals surface area (Å²) in [6.07, 6.45) is 4.78. The fourth-order valence-electron chi connectivity index (χ4n) is 3.31. The van der Waals surface area contributed by atoms with Crippen molar-refractivity contribution < 1.29 is 4.79 Å². The number of halogens is 1. The van der Waals surface area contributed by atoms with Crippen molar-refractivity contribution >= 4 is 18.3 Å². The second-order valence-corrected chi connectivity index (χ2v) is 5.27. The number of amides is 1. The van der Waals surface area contributed by atoms with E-state index in [4.69, 9.17) is 0 Å². The largest absolute Gasteiger partial charge is 0.338 e. The van der Waals surface area contributed by atoms with E-state index in [1.54, 1.807) is 0 Å². The number of carbonyl (C=O) groups excluding carboxylic acids is 1.